The van der Waals surface area contributed by atoms with E-state index in [4.69, 9.17) is 4.74 Å². The fourth-order valence-electron chi connectivity index (χ4n) is 3.47. The molecule has 8 heteroatoms. The van der Waals surface area contributed by atoms with Gasteiger partial charge in [-0.15, -0.1) is 24.0 Å². The second-order valence-electron chi connectivity index (χ2n) is 7.48. The summed E-state index contributed by atoms with van der Waals surface area (Å²) in [5, 5.41) is 13.3. The third-order valence-electron chi connectivity index (χ3n) is 5.09. The molecule has 4 rings (SSSR count). The molecule has 33 heavy (non-hydrogen) atoms. The van der Waals surface area contributed by atoms with Crippen LogP contribution < -0.4 is 15.4 Å². The molecule has 0 atom stereocenters. The zero-order valence-corrected chi connectivity index (χ0v) is 21.0. The van der Waals surface area contributed by atoms with Crippen LogP contribution in [0.5, 0.6) is 5.75 Å². The van der Waals surface area contributed by atoms with Crippen LogP contribution >= 0.6 is 24.0 Å². The molecule has 0 aliphatic carbocycles. The lowest BCUT2D eigenvalue weighted by molar-refractivity contribution is 0.311. The van der Waals surface area contributed by atoms with E-state index in [1.165, 1.54) is 21.9 Å². The third kappa shape index (κ3) is 7.45. The van der Waals surface area contributed by atoms with Crippen LogP contribution in [0.1, 0.15) is 17.5 Å². The summed E-state index contributed by atoms with van der Waals surface area (Å²) in [4.78, 5) is 8.30. The molecule has 0 radical (unpaired) electrons. The highest BCUT2D eigenvalue weighted by Crippen LogP contribution is 2.20. The molecule has 0 amide bonds. The first-order valence-corrected chi connectivity index (χ1v) is 10.8. The van der Waals surface area contributed by atoms with Gasteiger partial charge in [-0.2, -0.15) is 5.10 Å². The molecule has 7 nitrogen and oxygen atoms in total. The fourth-order valence-corrected chi connectivity index (χ4v) is 3.47. The van der Waals surface area contributed by atoms with Crippen molar-refractivity contribution in [2.75, 3.05) is 20.2 Å². The Labute approximate surface area is 211 Å². The highest BCUT2D eigenvalue weighted by Gasteiger charge is 2.02. The number of hydrogen-bond acceptors (Lipinski definition) is 4. The summed E-state index contributed by atoms with van der Waals surface area (Å²) < 4.78 is 7.72. The molecule has 1 heterocycles. The molecular formula is C25H29IN6O. The summed E-state index contributed by atoms with van der Waals surface area (Å²) >= 11 is 0. The van der Waals surface area contributed by atoms with Crippen molar-refractivity contribution < 1.29 is 4.74 Å². The number of benzene rings is 3. The van der Waals surface area contributed by atoms with Gasteiger partial charge in [0.1, 0.15) is 18.4 Å². The Morgan fingerprint density at radius 2 is 1.82 bits per heavy atom. The van der Waals surface area contributed by atoms with Crippen LogP contribution in [0.2, 0.25) is 0 Å². The van der Waals surface area contributed by atoms with E-state index in [-0.39, 0.29) is 24.0 Å². The summed E-state index contributed by atoms with van der Waals surface area (Å²) in [6.45, 7) is 2.82. The minimum absolute atomic E-state index is 0. The molecule has 0 saturated heterocycles. The van der Waals surface area contributed by atoms with Crippen molar-refractivity contribution >= 4 is 40.7 Å². The maximum atomic E-state index is 5.90. The monoisotopic (exact) mass is 556 g/mol. The molecule has 172 valence electrons. The third-order valence-corrected chi connectivity index (χ3v) is 5.09. The minimum atomic E-state index is 0. The van der Waals surface area contributed by atoms with Crippen LogP contribution in [0.25, 0.3) is 10.8 Å². The standard InChI is InChI=1S/C25H28N6O.HI/c1-26-25(29-16-20-6-4-7-21(14-20)17-31-19-27-18-30-31)28-12-5-13-32-24-11-10-22-8-2-3-9-23(22)15-24;/h2-4,6-11,14-15,18-19H,5,12-13,16-17H2,1H3,(H2,26,28,29);1H. The van der Waals surface area contributed by atoms with Crippen LogP contribution in [0.15, 0.2) is 84.4 Å². The van der Waals surface area contributed by atoms with Gasteiger partial charge in [0.05, 0.1) is 13.2 Å². The Hall–Kier alpha value is -3.14. The number of guanidine groups is 1. The van der Waals surface area contributed by atoms with Gasteiger partial charge in [-0.1, -0.05) is 54.6 Å². The predicted molar refractivity (Wildman–Crippen MR) is 143 cm³/mol. The van der Waals surface area contributed by atoms with E-state index in [9.17, 15) is 0 Å². The quantitative estimate of drug-likeness (QED) is 0.140. The highest BCUT2D eigenvalue weighted by atomic mass is 127. The largest absolute Gasteiger partial charge is 0.494 e. The van der Waals surface area contributed by atoms with E-state index >= 15 is 0 Å². The van der Waals surface area contributed by atoms with Gasteiger partial charge in [0.15, 0.2) is 5.96 Å². The lowest BCUT2D eigenvalue weighted by Crippen LogP contribution is -2.37. The number of halogens is 1. The number of nitrogens with zero attached hydrogens (tertiary/aromatic N) is 4. The Morgan fingerprint density at radius 1 is 0.970 bits per heavy atom. The van der Waals surface area contributed by atoms with Crippen LogP contribution in [0, 0.1) is 0 Å². The van der Waals surface area contributed by atoms with Gasteiger partial charge in [-0.3, -0.25) is 4.99 Å². The maximum Gasteiger partial charge on any atom is 0.191 e. The molecular weight excluding hydrogens is 527 g/mol. The molecule has 0 unspecified atom stereocenters. The van der Waals surface area contributed by atoms with E-state index in [1.807, 2.05) is 22.9 Å². The Morgan fingerprint density at radius 3 is 2.64 bits per heavy atom. The zero-order chi connectivity index (χ0) is 22.0. The number of aromatic nitrogens is 3. The molecule has 0 aliphatic rings. The van der Waals surface area contributed by atoms with E-state index < -0.39 is 0 Å². The molecule has 0 aliphatic heterocycles. The Kier molecular flexibility index (Phi) is 9.49. The topological polar surface area (TPSA) is 76.4 Å². The van der Waals surface area contributed by atoms with Crippen LogP contribution in [-0.4, -0.2) is 40.9 Å². The number of rotatable bonds is 9. The SMILES string of the molecule is CN=C(NCCCOc1ccc2ccccc2c1)NCc1cccc(Cn2cncn2)c1.I. The van der Waals surface area contributed by atoms with Gasteiger partial charge >= 0.3 is 0 Å². The van der Waals surface area contributed by atoms with Crippen LogP contribution in [0.3, 0.4) is 0 Å². The molecule has 3 aromatic carbocycles. The summed E-state index contributed by atoms with van der Waals surface area (Å²) in [7, 11) is 1.78. The second-order valence-corrected chi connectivity index (χ2v) is 7.48. The van der Waals surface area contributed by atoms with Crippen molar-refractivity contribution in [2.45, 2.75) is 19.5 Å². The van der Waals surface area contributed by atoms with Crippen molar-refractivity contribution in [1.29, 1.82) is 0 Å². The van der Waals surface area contributed by atoms with Crippen molar-refractivity contribution in [2.24, 2.45) is 4.99 Å². The van der Waals surface area contributed by atoms with E-state index in [0.29, 0.717) is 19.7 Å². The normalized spacial score (nSPS) is 11.1. The van der Waals surface area contributed by atoms with Crippen molar-refractivity contribution in [3.05, 3.63) is 90.5 Å². The Bertz CT molecular complexity index is 1160. The van der Waals surface area contributed by atoms with Crippen molar-refractivity contribution in [1.82, 2.24) is 25.4 Å². The van der Waals surface area contributed by atoms with Crippen molar-refractivity contribution in [3.63, 3.8) is 0 Å². The first-order chi connectivity index (χ1) is 15.8. The minimum Gasteiger partial charge on any atom is -0.494 e. The van der Waals surface area contributed by atoms with E-state index in [1.54, 1.807) is 19.7 Å². The van der Waals surface area contributed by atoms with Gasteiger partial charge < -0.3 is 15.4 Å². The van der Waals surface area contributed by atoms with E-state index in [0.717, 1.165) is 24.7 Å². The molecule has 4 aromatic rings. The smallest absolute Gasteiger partial charge is 0.191 e. The number of fused-ring (bicyclic) bond motifs is 1. The van der Waals surface area contributed by atoms with Gasteiger partial charge in [0, 0.05) is 20.1 Å². The average Bonchev–Trinajstić information content (AvgIpc) is 3.34. The first kappa shape index (κ1) is 24.5. The number of nitrogens with one attached hydrogen (secondary N) is 2. The first-order valence-electron chi connectivity index (χ1n) is 10.8. The predicted octanol–water partition coefficient (Wildman–Crippen LogP) is 4.23. The second kappa shape index (κ2) is 12.8. The maximum absolute atomic E-state index is 5.90. The molecule has 0 bridgehead atoms. The van der Waals surface area contributed by atoms with Crippen LogP contribution in [-0.2, 0) is 13.1 Å². The summed E-state index contributed by atoms with van der Waals surface area (Å²) in [6, 6.07) is 22.9. The van der Waals surface area contributed by atoms with Gasteiger partial charge in [0.2, 0.25) is 0 Å². The molecule has 2 N–H and O–H groups in total. The Balaban J connectivity index is 0.00000306. The fraction of sp³-hybridized carbons (Fsp3) is 0.240. The molecule has 0 saturated carbocycles. The van der Waals surface area contributed by atoms with Crippen molar-refractivity contribution in [3.8, 4) is 5.75 Å². The van der Waals surface area contributed by atoms with Gasteiger partial charge in [0.25, 0.3) is 0 Å². The van der Waals surface area contributed by atoms with E-state index in [2.05, 4.69) is 74.2 Å². The number of ether oxygens (including phenoxy) is 1. The lowest BCUT2D eigenvalue weighted by Gasteiger charge is -2.13. The van der Waals surface area contributed by atoms with Crippen LogP contribution in [0.4, 0.5) is 0 Å². The molecule has 0 fully saturated rings. The number of aliphatic imine (C=N–C) groups is 1. The number of hydrogen-bond donors (Lipinski definition) is 2. The summed E-state index contributed by atoms with van der Waals surface area (Å²) in [5.74, 6) is 1.68. The van der Waals surface area contributed by atoms with Gasteiger partial charge in [-0.05, 0) is 40.5 Å². The molecule has 1 aromatic heterocycles. The molecule has 0 spiro atoms. The lowest BCUT2D eigenvalue weighted by atomic mass is 10.1. The summed E-state index contributed by atoms with van der Waals surface area (Å²) in [5.41, 5.74) is 2.37. The zero-order valence-electron chi connectivity index (χ0n) is 18.6. The average molecular weight is 556 g/mol. The summed E-state index contributed by atoms with van der Waals surface area (Å²) in [6.07, 6.45) is 4.15. The highest BCUT2D eigenvalue weighted by molar-refractivity contribution is 14.0. The van der Waals surface area contributed by atoms with Gasteiger partial charge in [-0.25, -0.2) is 9.67 Å².